The number of phenols is 1. The number of unbranched alkanes of at least 4 members (excludes halogenated alkanes) is 5. The van der Waals surface area contributed by atoms with Crippen LogP contribution in [0.4, 0.5) is 5.69 Å². The molecule has 2 aromatic rings. The Labute approximate surface area is 157 Å². The van der Waals surface area contributed by atoms with Gasteiger partial charge in [-0.15, -0.1) is 11.3 Å². The Hall–Kier alpha value is -2.34. The summed E-state index contributed by atoms with van der Waals surface area (Å²) in [6.45, 7) is 2.59. The quantitative estimate of drug-likeness (QED) is 0.562. The lowest BCUT2D eigenvalue weighted by Gasteiger charge is -2.24. The molecule has 0 aliphatic heterocycles. The first-order valence-corrected chi connectivity index (χ1v) is 9.84. The van der Waals surface area contributed by atoms with Gasteiger partial charge < -0.3 is 15.1 Å². The minimum absolute atomic E-state index is 0.233. The molecule has 0 atom stereocenters. The molecule has 2 rings (SSSR count). The Morgan fingerprint density at radius 1 is 1.04 bits per heavy atom. The van der Waals surface area contributed by atoms with Crippen molar-refractivity contribution < 1.29 is 19.8 Å². The maximum atomic E-state index is 12.9. The summed E-state index contributed by atoms with van der Waals surface area (Å²) in [5.74, 6) is -1.81. The third-order valence-electron chi connectivity index (χ3n) is 4.24. The second-order valence-corrected chi connectivity index (χ2v) is 7.13. The van der Waals surface area contributed by atoms with Crippen LogP contribution < -0.4 is 4.90 Å². The Morgan fingerprint density at radius 3 is 2.42 bits per heavy atom. The maximum Gasteiger partial charge on any atom is 0.341 e. The van der Waals surface area contributed by atoms with Gasteiger partial charge >= 0.3 is 5.97 Å². The van der Waals surface area contributed by atoms with E-state index in [1.54, 1.807) is 24.3 Å². The first-order valence-electron chi connectivity index (χ1n) is 8.97. The molecule has 26 heavy (non-hydrogen) atoms. The van der Waals surface area contributed by atoms with Crippen molar-refractivity contribution in [2.75, 3.05) is 11.4 Å². The monoisotopic (exact) mass is 375 g/mol. The third kappa shape index (κ3) is 5.08. The molecule has 0 spiro atoms. The second-order valence-electron chi connectivity index (χ2n) is 6.18. The number of aromatic carboxylic acids is 1. The van der Waals surface area contributed by atoms with E-state index in [9.17, 15) is 19.8 Å². The van der Waals surface area contributed by atoms with Crippen LogP contribution >= 0.6 is 11.3 Å². The van der Waals surface area contributed by atoms with Gasteiger partial charge in [0.05, 0.1) is 10.6 Å². The average molecular weight is 375 g/mol. The molecule has 0 bridgehead atoms. The van der Waals surface area contributed by atoms with Crippen LogP contribution in [0, 0.1) is 0 Å². The lowest BCUT2D eigenvalue weighted by Crippen LogP contribution is -2.32. The van der Waals surface area contributed by atoms with Crippen LogP contribution in [0.1, 0.15) is 65.5 Å². The summed E-state index contributed by atoms with van der Waals surface area (Å²) in [4.78, 5) is 26.6. The lowest BCUT2D eigenvalue weighted by atomic mass is 10.1. The Morgan fingerprint density at radius 2 is 1.77 bits per heavy atom. The number of carbonyl (C=O) groups excluding carboxylic acids is 1. The third-order valence-corrected chi connectivity index (χ3v) is 5.10. The fraction of sp³-hybridized carbons (Fsp3) is 0.400. The molecular weight excluding hydrogens is 350 g/mol. The number of carboxylic acid groups (broad SMARTS) is 1. The summed E-state index contributed by atoms with van der Waals surface area (Å²) >= 11 is 1.32. The molecule has 0 saturated heterocycles. The normalized spacial score (nSPS) is 10.7. The van der Waals surface area contributed by atoms with E-state index in [4.69, 9.17) is 0 Å². The van der Waals surface area contributed by atoms with Gasteiger partial charge in [-0.05, 0) is 30.0 Å². The van der Waals surface area contributed by atoms with Crippen LogP contribution in [-0.2, 0) is 0 Å². The smallest absolute Gasteiger partial charge is 0.341 e. The Kier molecular flexibility index (Phi) is 7.66. The first-order chi connectivity index (χ1) is 12.6. The highest BCUT2D eigenvalue weighted by molar-refractivity contribution is 7.12. The molecule has 0 aliphatic carbocycles. The zero-order valence-corrected chi connectivity index (χ0v) is 15.8. The number of aromatic hydroxyl groups is 1. The molecule has 6 heteroatoms. The van der Waals surface area contributed by atoms with Crippen molar-refractivity contribution in [3.63, 3.8) is 0 Å². The van der Waals surface area contributed by atoms with Gasteiger partial charge in [-0.25, -0.2) is 4.79 Å². The summed E-state index contributed by atoms with van der Waals surface area (Å²) in [7, 11) is 0. The molecule has 2 N–H and O–H groups in total. The van der Waals surface area contributed by atoms with Crippen LogP contribution in [0.3, 0.4) is 0 Å². The minimum Gasteiger partial charge on any atom is -0.507 e. The van der Waals surface area contributed by atoms with Gasteiger partial charge in [0.25, 0.3) is 5.91 Å². The maximum absolute atomic E-state index is 12.9. The number of carboxylic acids is 1. The van der Waals surface area contributed by atoms with E-state index >= 15 is 0 Å². The predicted molar refractivity (Wildman–Crippen MR) is 104 cm³/mol. The number of hydrogen-bond donors (Lipinski definition) is 2. The van der Waals surface area contributed by atoms with Crippen molar-refractivity contribution in [1.82, 2.24) is 0 Å². The molecule has 140 valence electrons. The Balaban J connectivity index is 2.23. The van der Waals surface area contributed by atoms with E-state index < -0.39 is 5.97 Å². The Bertz CT molecular complexity index is 727. The average Bonchev–Trinajstić information content (AvgIpc) is 3.15. The van der Waals surface area contributed by atoms with E-state index in [1.807, 2.05) is 5.38 Å². The number of benzene rings is 1. The van der Waals surface area contributed by atoms with Gasteiger partial charge in [0, 0.05) is 6.54 Å². The number of amides is 1. The highest BCUT2D eigenvalue weighted by Gasteiger charge is 2.25. The molecule has 0 radical (unpaired) electrons. The fourth-order valence-corrected chi connectivity index (χ4v) is 3.56. The van der Waals surface area contributed by atoms with E-state index in [2.05, 4.69) is 6.92 Å². The molecule has 0 fully saturated rings. The van der Waals surface area contributed by atoms with Crippen molar-refractivity contribution in [2.45, 2.75) is 45.4 Å². The molecule has 0 saturated carbocycles. The number of hydrogen-bond acceptors (Lipinski definition) is 4. The lowest BCUT2D eigenvalue weighted by molar-refractivity contribution is 0.0694. The van der Waals surface area contributed by atoms with Gasteiger partial charge in [-0.3, -0.25) is 4.79 Å². The standard InChI is InChI=1S/C20H25NO4S/c1-2-3-4-5-6-7-13-21(19(23)17-12-9-14-26-17)15-10-8-11-16(22)18(15)20(24)25/h8-12,14,22H,2-7,13H2,1H3,(H,24,25). The number of rotatable bonds is 10. The van der Waals surface area contributed by atoms with Crippen molar-refractivity contribution in [3.8, 4) is 5.75 Å². The molecular formula is C20H25NO4S. The highest BCUT2D eigenvalue weighted by Crippen LogP contribution is 2.30. The minimum atomic E-state index is -1.25. The highest BCUT2D eigenvalue weighted by atomic mass is 32.1. The summed E-state index contributed by atoms with van der Waals surface area (Å²) in [6.07, 6.45) is 6.41. The molecule has 1 heterocycles. The molecule has 1 aromatic carbocycles. The molecule has 0 aliphatic rings. The van der Waals surface area contributed by atoms with Crippen LogP contribution in [-0.4, -0.2) is 28.6 Å². The predicted octanol–water partition coefficient (Wildman–Crippen LogP) is 5.16. The van der Waals surface area contributed by atoms with Crippen LogP contribution in [0.2, 0.25) is 0 Å². The topological polar surface area (TPSA) is 77.8 Å². The second kappa shape index (κ2) is 9.97. The molecule has 0 unspecified atom stereocenters. The summed E-state index contributed by atoms with van der Waals surface area (Å²) in [5, 5.41) is 21.3. The summed E-state index contributed by atoms with van der Waals surface area (Å²) in [5.41, 5.74) is 0.00727. The molecule has 1 aromatic heterocycles. The van der Waals surface area contributed by atoms with Crippen molar-refractivity contribution in [3.05, 3.63) is 46.2 Å². The molecule has 5 nitrogen and oxygen atoms in total. The summed E-state index contributed by atoms with van der Waals surface area (Å²) < 4.78 is 0. The van der Waals surface area contributed by atoms with E-state index in [-0.39, 0.29) is 22.9 Å². The van der Waals surface area contributed by atoms with Gasteiger partial charge in [-0.2, -0.15) is 0 Å². The van der Waals surface area contributed by atoms with Gasteiger partial charge in [0.1, 0.15) is 11.3 Å². The number of nitrogens with zero attached hydrogens (tertiary/aromatic N) is 1. The van der Waals surface area contributed by atoms with Crippen LogP contribution in [0.25, 0.3) is 0 Å². The van der Waals surface area contributed by atoms with Gasteiger partial charge in [0.2, 0.25) is 0 Å². The SMILES string of the molecule is CCCCCCCCN(C(=O)c1cccs1)c1cccc(O)c1C(=O)O. The van der Waals surface area contributed by atoms with E-state index in [0.717, 1.165) is 19.3 Å². The first kappa shape index (κ1) is 20.0. The zero-order valence-electron chi connectivity index (χ0n) is 15.0. The fourth-order valence-electron chi connectivity index (χ4n) is 2.89. The van der Waals surface area contributed by atoms with Crippen molar-refractivity contribution >= 4 is 28.9 Å². The largest absolute Gasteiger partial charge is 0.507 e. The van der Waals surface area contributed by atoms with E-state index in [1.165, 1.54) is 41.6 Å². The molecule has 1 amide bonds. The van der Waals surface area contributed by atoms with Crippen molar-refractivity contribution in [1.29, 1.82) is 0 Å². The summed E-state index contributed by atoms with van der Waals surface area (Å²) in [6, 6.07) is 7.98. The van der Waals surface area contributed by atoms with Crippen molar-refractivity contribution in [2.24, 2.45) is 0 Å². The van der Waals surface area contributed by atoms with E-state index in [0.29, 0.717) is 11.4 Å². The zero-order chi connectivity index (χ0) is 18.9. The van der Waals surface area contributed by atoms with Gasteiger partial charge in [0.15, 0.2) is 0 Å². The van der Waals surface area contributed by atoms with Crippen LogP contribution in [0.15, 0.2) is 35.7 Å². The number of carbonyl (C=O) groups is 2. The number of anilines is 1. The number of thiophene rings is 1. The van der Waals surface area contributed by atoms with Crippen LogP contribution in [0.5, 0.6) is 5.75 Å². The van der Waals surface area contributed by atoms with Gasteiger partial charge in [-0.1, -0.05) is 51.2 Å².